The molecule has 0 fully saturated rings. The van der Waals surface area contributed by atoms with Crippen molar-refractivity contribution in [3.05, 3.63) is 17.3 Å². The standard InChI is InChI=1S/C9H11N3O2/c13-9(14)5-10-8-4-6-2-1-3-7(6)11-12-8/h4H,1-3,5H2,(H,10,12)(H,13,14). The lowest BCUT2D eigenvalue weighted by atomic mass is 10.2. The van der Waals surface area contributed by atoms with Gasteiger partial charge < -0.3 is 10.4 Å². The number of anilines is 1. The number of aliphatic carboxylic acids is 1. The average molecular weight is 193 g/mol. The Morgan fingerprint density at radius 2 is 2.36 bits per heavy atom. The van der Waals surface area contributed by atoms with E-state index >= 15 is 0 Å². The average Bonchev–Trinajstić information content (AvgIpc) is 2.61. The number of carboxylic acids is 1. The van der Waals surface area contributed by atoms with Gasteiger partial charge in [0, 0.05) is 0 Å². The van der Waals surface area contributed by atoms with Gasteiger partial charge in [-0.2, -0.15) is 5.10 Å². The summed E-state index contributed by atoms with van der Waals surface area (Å²) in [6.45, 7) is -0.118. The van der Waals surface area contributed by atoms with Crippen LogP contribution in [-0.2, 0) is 17.6 Å². The number of carbonyl (C=O) groups is 1. The maximum atomic E-state index is 10.3. The van der Waals surface area contributed by atoms with Crippen LogP contribution in [0.2, 0.25) is 0 Å². The van der Waals surface area contributed by atoms with Gasteiger partial charge in [0.05, 0.1) is 5.69 Å². The van der Waals surface area contributed by atoms with Crippen LogP contribution in [0.3, 0.4) is 0 Å². The van der Waals surface area contributed by atoms with Crippen molar-refractivity contribution >= 4 is 11.8 Å². The molecule has 0 atom stereocenters. The molecule has 1 aliphatic carbocycles. The number of carboxylic acid groups (broad SMARTS) is 1. The van der Waals surface area contributed by atoms with Crippen LogP contribution >= 0.6 is 0 Å². The summed E-state index contributed by atoms with van der Waals surface area (Å²) in [5.41, 5.74) is 2.23. The van der Waals surface area contributed by atoms with Crippen molar-refractivity contribution in [2.24, 2.45) is 0 Å². The number of aryl methyl sites for hydroxylation is 2. The highest BCUT2D eigenvalue weighted by Gasteiger charge is 2.13. The lowest BCUT2D eigenvalue weighted by molar-refractivity contribution is -0.134. The Labute approximate surface area is 81.2 Å². The first-order valence-corrected chi connectivity index (χ1v) is 4.57. The second kappa shape index (κ2) is 3.61. The Morgan fingerprint density at radius 1 is 1.50 bits per heavy atom. The molecule has 1 aromatic heterocycles. The number of nitrogens with zero attached hydrogens (tertiary/aromatic N) is 2. The van der Waals surface area contributed by atoms with Crippen molar-refractivity contribution in [2.45, 2.75) is 19.3 Å². The van der Waals surface area contributed by atoms with Gasteiger partial charge >= 0.3 is 5.97 Å². The van der Waals surface area contributed by atoms with E-state index in [1.54, 1.807) is 0 Å². The minimum atomic E-state index is -0.896. The highest BCUT2D eigenvalue weighted by Crippen LogP contribution is 2.20. The van der Waals surface area contributed by atoms with E-state index in [-0.39, 0.29) is 6.54 Å². The van der Waals surface area contributed by atoms with Crippen molar-refractivity contribution in [3.63, 3.8) is 0 Å². The van der Waals surface area contributed by atoms with Gasteiger partial charge in [0.2, 0.25) is 0 Å². The Kier molecular flexibility index (Phi) is 2.30. The summed E-state index contributed by atoms with van der Waals surface area (Å²) in [6, 6.07) is 1.89. The predicted molar refractivity (Wildman–Crippen MR) is 50.2 cm³/mol. The summed E-state index contributed by atoms with van der Waals surface area (Å²) in [4.78, 5) is 10.3. The first-order chi connectivity index (χ1) is 6.75. The van der Waals surface area contributed by atoms with Crippen molar-refractivity contribution < 1.29 is 9.90 Å². The van der Waals surface area contributed by atoms with E-state index in [0.717, 1.165) is 25.0 Å². The molecule has 2 rings (SSSR count). The quantitative estimate of drug-likeness (QED) is 0.729. The van der Waals surface area contributed by atoms with Crippen LogP contribution in [0.1, 0.15) is 17.7 Å². The highest BCUT2D eigenvalue weighted by molar-refractivity contribution is 5.72. The van der Waals surface area contributed by atoms with Gasteiger partial charge in [0.25, 0.3) is 0 Å². The Morgan fingerprint density at radius 3 is 3.14 bits per heavy atom. The fraction of sp³-hybridized carbons (Fsp3) is 0.444. The van der Waals surface area contributed by atoms with Gasteiger partial charge in [-0.3, -0.25) is 4.79 Å². The third-order valence-electron chi connectivity index (χ3n) is 2.24. The smallest absolute Gasteiger partial charge is 0.322 e. The van der Waals surface area contributed by atoms with Crippen molar-refractivity contribution in [1.29, 1.82) is 0 Å². The third-order valence-corrected chi connectivity index (χ3v) is 2.24. The van der Waals surface area contributed by atoms with Crippen LogP contribution in [0.5, 0.6) is 0 Å². The number of rotatable bonds is 3. The summed E-state index contributed by atoms with van der Waals surface area (Å²) in [5.74, 6) is -0.347. The molecule has 5 heteroatoms. The minimum Gasteiger partial charge on any atom is -0.480 e. The Balaban J connectivity index is 2.09. The maximum absolute atomic E-state index is 10.3. The molecule has 0 unspecified atom stereocenters. The molecule has 0 aliphatic heterocycles. The first kappa shape index (κ1) is 8.93. The van der Waals surface area contributed by atoms with Gasteiger partial charge in [-0.25, -0.2) is 0 Å². The molecule has 0 aromatic carbocycles. The summed E-state index contributed by atoms with van der Waals surface area (Å²) in [5, 5.41) is 19.1. The Bertz CT molecular complexity index is 365. The molecule has 14 heavy (non-hydrogen) atoms. The van der Waals surface area contributed by atoms with Gasteiger partial charge in [-0.05, 0) is 30.9 Å². The fourth-order valence-corrected chi connectivity index (χ4v) is 1.58. The number of nitrogens with one attached hydrogen (secondary N) is 1. The van der Waals surface area contributed by atoms with E-state index in [0.29, 0.717) is 5.82 Å². The molecule has 0 saturated carbocycles. The lowest BCUT2D eigenvalue weighted by Crippen LogP contribution is -2.14. The van der Waals surface area contributed by atoms with Crippen molar-refractivity contribution in [1.82, 2.24) is 10.2 Å². The van der Waals surface area contributed by atoms with E-state index < -0.39 is 5.97 Å². The van der Waals surface area contributed by atoms with E-state index in [2.05, 4.69) is 15.5 Å². The summed E-state index contributed by atoms with van der Waals surface area (Å²) in [7, 11) is 0. The SMILES string of the molecule is O=C(O)CNc1cc2c(nn1)CCC2. The molecule has 1 aromatic rings. The molecule has 1 aliphatic rings. The van der Waals surface area contributed by atoms with Crippen molar-refractivity contribution in [2.75, 3.05) is 11.9 Å². The van der Waals surface area contributed by atoms with E-state index in [4.69, 9.17) is 5.11 Å². The topological polar surface area (TPSA) is 75.1 Å². The van der Waals surface area contributed by atoms with Crippen LogP contribution in [-0.4, -0.2) is 27.8 Å². The molecule has 5 nitrogen and oxygen atoms in total. The second-order valence-corrected chi connectivity index (χ2v) is 3.30. The van der Waals surface area contributed by atoms with Crippen LogP contribution in [0.4, 0.5) is 5.82 Å². The molecular formula is C9H11N3O2. The van der Waals surface area contributed by atoms with E-state index in [1.807, 2.05) is 6.07 Å². The zero-order valence-corrected chi connectivity index (χ0v) is 7.66. The maximum Gasteiger partial charge on any atom is 0.322 e. The molecule has 0 bridgehead atoms. The van der Waals surface area contributed by atoms with Crippen LogP contribution < -0.4 is 5.32 Å². The minimum absolute atomic E-state index is 0.118. The van der Waals surface area contributed by atoms with Gasteiger partial charge in [-0.15, -0.1) is 5.10 Å². The highest BCUT2D eigenvalue weighted by atomic mass is 16.4. The first-order valence-electron chi connectivity index (χ1n) is 4.57. The number of hydrogen-bond donors (Lipinski definition) is 2. The molecule has 0 radical (unpaired) electrons. The van der Waals surface area contributed by atoms with Crippen LogP contribution in [0.15, 0.2) is 6.07 Å². The molecule has 74 valence electrons. The molecule has 2 N–H and O–H groups in total. The van der Waals surface area contributed by atoms with Crippen LogP contribution in [0.25, 0.3) is 0 Å². The summed E-state index contributed by atoms with van der Waals surface area (Å²) in [6.07, 6.45) is 3.13. The Hall–Kier alpha value is -1.65. The number of fused-ring (bicyclic) bond motifs is 1. The van der Waals surface area contributed by atoms with Crippen LogP contribution in [0, 0.1) is 0 Å². The second-order valence-electron chi connectivity index (χ2n) is 3.30. The molecule has 0 amide bonds. The summed E-state index contributed by atoms with van der Waals surface area (Å²) >= 11 is 0. The van der Waals surface area contributed by atoms with Crippen molar-refractivity contribution in [3.8, 4) is 0 Å². The monoisotopic (exact) mass is 193 g/mol. The van der Waals surface area contributed by atoms with Gasteiger partial charge in [0.1, 0.15) is 12.4 Å². The van der Waals surface area contributed by atoms with Gasteiger partial charge in [-0.1, -0.05) is 0 Å². The summed E-state index contributed by atoms with van der Waals surface area (Å²) < 4.78 is 0. The number of hydrogen-bond acceptors (Lipinski definition) is 4. The molecule has 1 heterocycles. The third kappa shape index (κ3) is 1.81. The molecule has 0 spiro atoms. The molecule has 0 saturated heterocycles. The lowest BCUT2D eigenvalue weighted by Gasteiger charge is -2.03. The van der Waals surface area contributed by atoms with E-state index in [9.17, 15) is 4.79 Å². The zero-order chi connectivity index (χ0) is 9.97. The molecular weight excluding hydrogens is 182 g/mol. The predicted octanol–water partition coefficient (Wildman–Crippen LogP) is 0.462. The fourth-order valence-electron chi connectivity index (χ4n) is 1.58. The number of aromatic nitrogens is 2. The van der Waals surface area contributed by atoms with E-state index in [1.165, 1.54) is 5.56 Å². The largest absolute Gasteiger partial charge is 0.480 e. The zero-order valence-electron chi connectivity index (χ0n) is 7.66. The normalized spacial score (nSPS) is 13.7. The van der Waals surface area contributed by atoms with Gasteiger partial charge in [0.15, 0.2) is 0 Å².